The number of amides is 2. The smallest absolute Gasteiger partial charge is 0.321 e. The number of carbonyl (C=O) groups excluding carboxylic acids is 1. The first-order chi connectivity index (χ1) is 12.5. The summed E-state index contributed by atoms with van der Waals surface area (Å²) < 4.78 is 0. The van der Waals surface area contributed by atoms with Crippen molar-refractivity contribution in [3.63, 3.8) is 0 Å². The maximum atomic E-state index is 12.7. The highest BCUT2D eigenvalue weighted by atomic mass is 35.5. The van der Waals surface area contributed by atoms with E-state index in [1.165, 1.54) is 5.56 Å². The average Bonchev–Trinajstić information content (AvgIpc) is 2.77. The lowest BCUT2D eigenvalue weighted by atomic mass is 9.96. The first kappa shape index (κ1) is 17.4. The molecule has 2 aromatic rings. The molecule has 5 nitrogen and oxygen atoms in total. The van der Waals surface area contributed by atoms with Crippen LogP contribution in [-0.4, -0.2) is 41.6 Å². The topological polar surface area (TPSA) is 48.5 Å². The summed E-state index contributed by atoms with van der Waals surface area (Å²) in [6, 6.07) is 7.45. The fraction of sp³-hybridized carbons (Fsp3) is 0.368. The molecule has 0 spiro atoms. The van der Waals surface area contributed by atoms with Crippen molar-refractivity contribution in [1.29, 1.82) is 0 Å². The first-order valence-corrected chi connectivity index (χ1v) is 9.51. The Morgan fingerprint density at radius 2 is 2.08 bits per heavy atom. The lowest BCUT2D eigenvalue weighted by Crippen LogP contribution is -2.38. The monoisotopic (exact) mass is 390 g/mol. The van der Waals surface area contributed by atoms with Gasteiger partial charge < -0.3 is 15.1 Å². The maximum absolute atomic E-state index is 12.7. The molecule has 2 aliphatic rings. The minimum absolute atomic E-state index is 0.0952. The molecule has 1 aromatic carbocycles. The summed E-state index contributed by atoms with van der Waals surface area (Å²) >= 11 is 12.4. The Bertz CT molecular complexity index is 844. The van der Waals surface area contributed by atoms with Crippen LogP contribution >= 0.6 is 23.2 Å². The number of urea groups is 1. The van der Waals surface area contributed by atoms with Gasteiger partial charge in [-0.25, -0.2) is 4.79 Å². The number of nitrogens with one attached hydrogen (secondary N) is 1. The quantitative estimate of drug-likeness (QED) is 0.772. The van der Waals surface area contributed by atoms with Crippen molar-refractivity contribution in [3.05, 3.63) is 52.3 Å². The average molecular weight is 391 g/mol. The van der Waals surface area contributed by atoms with Gasteiger partial charge in [-0.3, -0.25) is 4.98 Å². The van der Waals surface area contributed by atoms with Crippen LogP contribution in [-0.2, 0) is 0 Å². The maximum Gasteiger partial charge on any atom is 0.321 e. The van der Waals surface area contributed by atoms with Crippen LogP contribution in [0.4, 0.5) is 16.2 Å². The molecule has 3 heterocycles. The van der Waals surface area contributed by atoms with E-state index in [4.69, 9.17) is 23.2 Å². The second kappa shape index (κ2) is 6.97. The van der Waals surface area contributed by atoms with E-state index in [0.29, 0.717) is 40.8 Å². The van der Waals surface area contributed by atoms with Crippen molar-refractivity contribution in [1.82, 2.24) is 9.88 Å². The van der Waals surface area contributed by atoms with E-state index in [0.717, 1.165) is 18.7 Å². The fourth-order valence-electron chi connectivity index (χ4n) is 4.01. The van der Waals surface area contributed by atoms with Crippen LogP contribution in [0.2, 0.25) is 10.0 Å². The van der Waals surface area contributed by atoms with Gasteiger partial charge in [-0.05, 0) is 24.6 Å². The van der Waals surface area contributed by atoms with Gasteiger partial charge in [0.25, 0.3) is 0 Å². The molecule has 0 bridgehead atoms. The summed E-state index contributed by atoms with van der Waals surface area (Å²) in [5.74, 6) is 0.354. The SMILES string of the molecule is CC1c2cncc(Cl)c2N2CCN(C(=O)Nc3cccc(Cl)c3)CCC12. The number of benzene rings is 1. The lowest BCUT2D eigenvalue weighted by Gasteiger charge is -2.26. The summed E-state index contributed by atoms with van der Waals surface area (Å²) in [6.07, 6.45) is 4.52. The summed E-state index contributed by atoms with van der Waals surface area (Å²) in [5.41, 5.74) is 3.00. The number of hydrogen-bond acceptors (Lipinski definition) is 3. The largest absolute Gasteiger partial charge is 0.365 e. The Morgan fingerprint density at radius 1 is 1.23 bits per heavy atom. The van der Waals surface area contributed by atoms with Gasteiger partial charge in [0.1, 0.15) is 0 Å². The van der Waals surface area contributed by atoms with Crippen molar-refractivity contribution >= 4 is 40.6 Å². The standard InChI is InChI=1S/C19H20Cl2N4O/c1-12-15-10-22-11-16(21)18(15)25-8-7-24(6-5-17(12)25)19(26)23-14-4-2-3-13(20)9-14/h2-4,9-12,17H,5-8H2,1H3,(H,23,26). The van der Waals surface area contributed by atoms with Gasteiger partial charge in [0.2, 0.25) is 0 Å². The number of nitrogens with zero attached hydrogens (tertiary/aromatic N) is 3. The molecule has 0 saturated carbocycles. The van der Waals surface area contributed by atoms with Gasteiger partial charge in [-0.2, -0.15) is 0 Å². The van der Waals surface area contributed by atoms with Crippen molar-refractivity contribution in [2.24, 2.45) is 0 Å². The number of pyridine rings is 1. The Kier molecular flexibility index (Phi) is 4.67. The Labute approximate surface area is 162 Å². The molecule has 2 aliphatic heterocycles. The molecule has 0 radical (unpaired) electrons. The number of carbonyl (C=O) groups is 1. The van der Waals surface area contributed by atoms with Gasteiger partial charge in [0.05, 0.1) is 10.7 Å². The number of anilines is 2. The second-order valence-electron chi connectivity index (χ2n) is 6.82. The highest BCUT2D eigenvalue weighted by molar-refractivity contribution is 6.33. The molecule has 1 fully saturated rings. The number of rotatable bonds is 1. The zero-order chi connectivity index (χ0) is 18.3. The van der Waals surface area contributed by atoms with Crippen LogP contribution in [0.1, 0.15) is 24.8 Å². The highest BCUT2D eigenvalue weighted by Crippen LogP contribution is 2.45. The predicted octanol–water partition coefficient (Wildman–Crippen LogP) is 4.62. The molecular weight excluding hydrogens is 371 g/mol. The third-order valence-corrected chi connectivity index (χ3v) is 5.84. The second-order valence-corrected chi connectivity index (χ2v) is 7.67. The number of halogens is 2. The van der Waals surface area contributed by atoms with Crippen LogP contribution in [0.5, 0.6) is 0 Å². The molecule has 1 saturated heterocycles. The van der Waals surface area contributed by atoms with E-state index >= 15 is 0 Å². The van der Waals surface area contributed by atoms with E-state index in [1.807, 2.05) is 23.2 Å². The first-order valence-electron chi connectivity index (χ1n) is 8.76. The molecule has 4 rings (SSSR count). The van der Waals surface area contributed by atoms with Crippen molar-refractivity contribution in [2.75, 3.05) is 29.9 Å². The number of aromatic nitrogens is 1. The molecule has 7 heteroatoms. The fourth-order valence-corrected chi connectivity index (χ4v) is 4.47. The van der Waals surface area contributed by atoms with E-state index in [1.54, 1.807) is 18.3 Å². The van der Waals surface area contributed by atoms with Crippen molar-refractivity contribution < 1.29 is 4.79 Å². The zero-order valence-corrected chi connectivity index (χ0v) is 16.0. The predicted molar refractivity (Wildman–Crippen MR) is 105 cm³/mol. The molecule has 2 amide bonds. The van der Waals surface area contributed by atoms with Crippen LogP contribution in [0.3, 0.4) is 0 Å². The van der Waals surface area contributed by atoms with Crippen molar-refractivity contribution in [2.45, 2.75) is 25.3 Å². The molecule has 2 atom stereocenters. The van der Waals surface area contributed by atoms with Gasteiger partial charge in [-0.1, -0.05) is 36.2 Å². The molecule has 136 valence electrons. The minimum atomic E-state index is -0.0952. The number of fused-ring (bicyclic) bond motifs is 3. The van der Waals surface area contributed by atoms with Crippen LogP contribution in [0.25, 0.3) is 0 Å². The van der Waals surface area contributed by atoms with E-state index in [2.05, 4.69) is 22.1 Å². The van der Waals surface area contributed by atoms with Gasteiger partial charge in [0.15, 0.2) is 0 Å². The third kappa shape index (κ3) is 3.10. The lowest BCUT2D eigenvalue weighted by molar-refractivity contribution is 0.214. The summed E-state index contributed by atoms with van der Waals surface area (Å²) in [7, 11) is 0. The molecule has 1 N–H and O–H groups in total. The van der Waals surface area contributed by atoms with Crippen LogP contribution in [0, 0.1) is 0 Å². The Hall–Kier alpha value is -1.98. The Balaban J connectivity index is 1.49. The third-order valence-electron chi connectivity index (χ3n) is 5.33. The highest BCUT2D eigenvalue weighted by Gasteiger charge is 2.39. The molecular formula is C19H20Cl2N4O. The Morgan fingerprint density at radius 3 is 2.88 bits per heavy atom. The summed E-state index contributed by atoms with van der Waals surface area (Å²) in [4.78, 5) is 21.1. The molecule has 0 aliphatic carbocycles. The van der Waals surface area contributed by atoms with Crippen LogP contribution < -0.4 is 10.2 Å². The number of hydrogen-bond donors (Lipinski definition) is 1. The van der Waals surface area contributed by atoms with E-state index in [9.17, 15) is 4.79 Å². The molecule has 26 heavy (non-hydrogen) atoms. The molecule has 2 unspecified atom stereocenters. The van der Waals surface area contributed by atoms with E-state index < -0.39 is 0 Å². The van der Waals surface area contributed by atoms with Crippen molar-refractivity contribution in [3.8, 4) is 0 Å². The zero-order valence-electron chi connectivity index (χ0n) is 14.5. The van der Waals surface area contributed by atoms with Crippen LogP contribution in [0.15, 0.2) is 36.7 Å². The summed E-state index contributed by atoms with van der Waals surface area (Å²) in [5, 5.41) is 4.23. The summed E-state index contributed by atoms with van der Waals surface area (Å²) in [6.45, 7) is 4.32. The van der Waals surface area contributed by atoms with Gasteiger partial charge in [-0.15, -0.1) is 0 Å². The normalized spacial score (nSPS) is 21.8. The van der Waals surface area contributed by atoms with Gasteiger partial charge >= 0.3 is 6.03 Å². The molecule has 1 aromatic heterocycles. The van der Waals surface area contributed by atoms with Gasteiger partial charge in [0, 0.05) is 60.3 Å². The minimum Gasteiger partial charge on any atom is -0.365 e. The van der Waals surface area contributed by atoms with E-state index in [-0.39, 0.29) is 6.03 Å².